The van der Waals surface area contributed by atoms with Crippen LogP contribution in [0.1, 0.15) is 36.8 Å². The number of benzene rings is 2. The third-order valence-electron chi connectivity index (χ3n) is 5.40. The number of aryl methyl sites for hydroxylation is 1. The Bertz CT molecular complexity index is 804. The van der Waals surface area contributed by atoms with Gasteiger partial charge in [0, 0.05) is 23.3 Å². The molecule has 0 spiro atoms. The Hall–Kier alpha value is -1.94. The van der Waals surface area contributed by atoms with E-state index in [1.807, 2.05) is 18.2 Å². The molecule has 1 amide bonds. The van der Waals surface area contributed by atoms with Gasteiger partial charge in [0.25, 0.3) is 0 Å². The van der Waals surface area contributed by atoms with Gasteiger partial charge in [-0.15, -0.1) is 0 Å². The summed E-state index contributed by atoms with van der Waals surface area (Å²) in [6.45, 7) is 2.21. The maximum Gasteiger partial charge on any atom is 0.220 e. The molecule has 1 heterocycles. The van der Waals surface area contributed by atoms with Crippen LogP contribution in [0.4, 0.5) is 0 Å². The zero-order chi connectivity index (χ0) is 17.4. The van der Waals surface area contributed by atoms with E-state index in [1.165, 1.54) is 16.0 Å². The first kappa shape index (κ1) is 16.5. The van der Waals surface area contributed by atoms with Gasteiger partial charge in [0.05, 0.1) is 12.0 Å². The smallest absolute Gasteiger partial charge is 0.220 e. The SMILES string of the molecule is COc1ccccc1Sc1ccc2c(c1)CCC1NC(=O)CC(C)C21. The van der Waals surface area contributed by atoms with Gasteiger partial charge in [0.2, 0.25) is 5.91 Å². The van der Waals surface area contributed by atoms with Crippen molar-refractivity contribution in [3.05, 3.63) is 53.6 Å². The first-order chi connectivity index (χ1) is 12.2. The topological polar surface area (TPSA) is 38.3 Å². The molecule has 2 aliphatic rings. The number of carbonyl (C=O) groups is 1. The molecule has 0 radical (unpaired) electrons. The zero-order valence-electron chi connectivity index (χ0n) is 14.6. The Balaban J connectivity index is 1.62. The van der Waals surface area contributed by atoms with Crippen LogP contribution < -0.4 is 10.1 Å². The minimum Gasteiger partial charge on any atom is -0.496 e. The average Bonchev–Trinajstić information content (AvgIpc) is 2.61. The summed E-state index contributed by atoms with van der Waals surface area (Å²) in [7, 11) is 1.71. The summed E-state index contributed by atoms with van der Waals surface area (Å²) in [5, 5.41) is 3.20. The maximum atomic E-state index is 11.8. The van der Waals surface area contributed by atoms with Crippen molar-refractivity contribution < 1.29 is 9.53 Å². The third kappa shape index (κ3) is 3.15. The lowest BCUT2D eigenvalue weighted by Crippen LogP contribution is -2.49. The van der Waals surface area contributed by atoms with Gasteiger partial charge in [-0.1, -0.05) is 36.9 Å². The molecule has 4 heteroatoms. The van der Waals surface area contributed by atoms with Crippen molar-refractivity contribution in [1.29, 1.82) is 0 Å². The molecular weight excluding hydrogens is 330 g/mol. The standard InChI is InChI=1S/C21H23NO2S/c1-13-11-20(23)22-17-10-7-14-12-15(8-9-16(14)21(13)17)25-19-6-4-3-5-18(19)24-2/h3-6,8-9,12-13,17,21H,7,10-11H2,1-2H3,(H,22,23). The van der Waals surface area contributed by atoms with Gasteiger partial charge < -0.3 is 10.1 Å². The largest absolute Gasteiger partial charge is 0.496 e. The number of amides is 1. The fourth-order valence-electron chi connectivity index (χ4n) is 4.27. The minimum atomic E-state index is 0.209. The summed E-state index contributed by atoms with van der Waals surface area (Å²) >= 11 is 1.75. The molecule has 0 saturated carbocycles. The Morgan fingerprint density at radius 2 is 2.04 bits per heavy atom. The number of hydrogen-bond donors (Lipinski definition) is 1. The molecular formula is C21H23NO2S. The summed E-state index contributed by atoms with van der Waals surface area (Å²) < 4.78 is 5.46. The molecule has 1 aliphatic carbocycles. The third-order valence-corrected chi connectivity index (χ3v) is 6.44. The molecule has 0 aromatic heterocycles. The number of piperidine rings is 1. The molecule has 4 rings (SSSR count). The summed E-state index contributed by atoms with van der Waals surface area (Å²) in [4.78, 5) is 14.2. The first-order valence-electron chi connectivity index (χ1n) is 8.89. The van der Waals surface area contributed by atoms with Gasteiger partial charge in [-0.05, 0) is 54.2 Å². The van der Waals surface area contributed by atoms with E-state index in [9.17, 15) is 4.79 Å². The van der Waals surface area contributed by atoms with Crippen LogP contribution in [0.5, 0.6) is 5.75 Å². The van der Waals surface area contributed by atoms with Gasteiger partial charge in [-0.2, -0.15) is 0 Å². The molecule has 25 heavy (non-hydrogen) atoms. The molecule has 1 fully saturated rings. The molecule has 3 nitrogen and oxygen atoms in total. The van der Waals surface area contributed by atoms with Crippen molar-refractivity contribution in [2.75, 3.05) is 7.11 Å². The van der Waals surface area contributed by atoms with Gasteiger partial charge in [-0.25, -0.2) is 0 Å². The highest BCUT2D eigenvalue weighted by atomic mass is 32.2. The molecule has 130 valence electrons. The molecule has 3 unspecified atom stereocenters. The number of fused-ring (bicyclic) bond motifs is 3. The Labute approximate surface area is 153 Å². The molecule has 2 aromatic rings. The normalized spacial score (nSPS) is 24.9. The van der Waals surface area contributed by atoms with E-state index in [2.05, 4.69) is 36.5 Å². The van der Waals surface area contributed by atoms with E-state index in [0.29, 0.717) is 24.3 Å². The monoisotopic (exact) mass is 353 g/mol. The van der Waals surface area contributed by atoms with E-state index < -0.39 is 0 Å². The highest BCUT2D eigenvalue weighted by Crippen LogP contribution is 2.43. The first-order valence-corrected chi connectivity index (χ1v) is 9.70. The molecule has 2 aromatic carbocycles. The predicted molar refractivity (Wildman–Crippen MR) is 100 cm³/mol. The zero-order valence-corrected chi connectivity index (χ0v) is 15.4. The Kier molecular flexibility index (Phi) is 4.46. The van der Waals surface area contributed by atoms with Crippen molar-refractivity contribution in [3.8, 4) is 5.75 Å². The number of para-hydroxylation sites is 1. The van der Waals surface area contributed by atoms with Crippen LogP contribution in [0.3, 0.4) is 0 Å². The summed E-state index contributed by atoms with van der Waals surface area (Å²) in [6.07, 6.45) is 2.71. The summed E-state index contributed by atoms with van der Waals surface area (Å²) in [5.41, 5.74) is 2.86. The van der Waals surface area contributed by atoms with Crippen molar-refractivity contribution in [1.82, 2.24) is 5.32 Å². The number of ether oxygens (including phenoxy) is 1. The minimum absolute atomic E-state index is 0.209. The van der Waals surface area contributed by atoms with E-state index in [0.717, 1.165) is 23.5 Å². The molecule has 1 aliphatic heterocycles. The lowest BCUT2D eigenvalue weighted by molar-refractivity contribution is -0.125. The molecule has 3 atom stereocenters. The van der Waals surface area contributed by atoms with Gasteiger partial charge >= 0.3 is 0 Å². The molecule has 0 bridgehead atoms. The Morgan fingerprint density at radius 3 is 2.88 bits per heavy atom. The van der Waals surface area contributed by atoms with Crippen LogP contribution in [0.15, 0.2) is 52.3 Å². The number of carbonyl (C=O) groups excluding carboxylic acids is 1. The van der Waals surface area contributed by atoms with Crippen LogP contribution in [-0.4, -0.2) is 19.1 Å². The Morgan fingerprint density at radius 1 is 1.20 bits per heavy atom. The average molecular weight is 353 g/mol. The van der Waals surface area contributed by atoms with Crippen molar-refractivity contribution >= 4 is 17.7 Å². The van der Waals surface area contributed by atoms with Gasteiger partial charge in [0.15, 0.2) is 0 Å². The fourth-order valence-corrected chi connectivity index (χ4v) is 5.26. The van der Waals surface area contributed by atoms with E-state index >= 15 is 0 Å². The predicted octanol–water partition coefficient (Wildman–Crippen LogP) is 4.40. The number of methoxy groups -OCH3 is 1. The summed E-state index contributed by atoms with van der Waals surface area (Å²) in [5.74, 6) is 1.98. The second-order valence-electron chi connectivity index (χ2n) is 7.03. The fraction of sp³-hybridized carbons (Fsp3) is 0.381. The van der Waals surface area contributed by atoms with Crippen LogP contribution in [0, 0.1) is 5.92 Å². The lowest BCUT2D eigenvalue weighted by Gasteiger charge is -2.41. The number of rotatable bonds is 3. The molecule has 1 saturated heterocycles. The van der Waals surface area contributed by atoms with Crippen LogP contribution >= 0.6 is 11.8 Å². The second-order valence-corrected chi connectivity index (χ2v) is 8.15. The van der Waals surface area contributed by atoms with E-state index in [4.69, 9.17) is 4.74 Å². The van der Waals surface area contributed by atoms with Crippen molar-refractivity contribution in [2.45, 2.75) is 47.9 Å². The van der Waals surface area contributed by atoms with Gasteiger partial charge in [0.1, 0.15) is 5.75 Å². The van der Waals surface area contributed by atoms with Crippen LogP contribution in [-0.2, 0) is 11.2 Å². The summed E-state index contributed by atoms with van der Waals surface area (Å²) in [6, 6.07) is 15.2. The highest BCUT2D eigenvalue weighted by molar-refractivity contribution is 7.99. The second kappa shape index (κ2) is 6.75. The maximum absolute atomic E-state index is 11.8. The van der Waals surface area contributed by atoms with Crippen molar-refractivity contribution in [3.63, 3.8) is 0 Å². The number of nitrogens with one attached hydrogen (secondary N) is 1. The highest BCUT2D eigenvalue weighted by Gasteiger charge is 2.38. The van der Waals surface area contributed by atoms with Crippen LogP contribution in [0.2, 0.25) is 0 Å². The van der Waals surface area contributed by atoms with E-state index in [-0.39, 0.29) is 5.91 Å². The molecule has 1 N–H and O–H groups in total. The van der Waals surface area contributed by atoms with Crippen molar-refractivity contribution in [2.24, 2.45) is 5.92 Å². The lowest BCUT2D eigenvalue weighted by atomic mass is 9.70. The van der Waals surface area contributed by atoms with E-state index in [1.54, 1.807) is 18.9 Å². The number of hydrogen-bond acceptors (Lipinski definition) is 3. The quantitative estimate of drug-likeness (QED) is 0.889. The van der Waals surface area contributed by atoms with Crippen LogP contribution in [0.25, 0.3) is 0 Å². The van der Waals surface area contributed by atoms with Gasteiger partial charge in [-0.3, -0.25) is 4.79 Å².